The van der Waals surface area contributed by atoms with Crippen molar-refractivity contribution in [3.8, 4) is 23.0 Å². The molecular weight excluding hydrogens is 801 g/mol. The second kappa shape index (κ2) is 19.8. The Hall–Kier alpha value is -4.08. The molecule has 0 atom stereocenters. The Morgan fingerprint density at radius 1 is 0.297 bits per heavy atom. The van der Waals surface area contributed by atoms with Crippen molar-refractivity contribution in [1.29, 1.82) is 0 Å². The van der Waals surface area contributed by atoms with Crippen LogP contribution in [0.25, 0.3) is 0 Å². The number of benzene rings is 4. The summed E-state index contributed by atoms with van der Waals surface area (Å²) in [6.07, 6.45) is -2.47. The van der Waals surface area contributed by atoms with Gasteiger partial charge in [0.1, 0.15) is 47.4 Å². The molecule has 1 aliphatic rings. The van der Waals surface area contributed by atoms with Crippen molar-refractivity contribution < 1.29 is 37.9 Å². The summed E-state index contributed by atoms with van der Waals surface area (Å²) in [4.78, 5) is 0. The van der Waals surface area contributed by atoms with Crippen LogP contribution in [0.2, 0.25) is 0 Å². The minimum absolute atomic E-state index is 0.265. The maximum Gasteiger partial charge on any atom is 0.131 e. The summed E-state index contributed by atoms with van der Waals surface area (Å²) >= 11 is 0. The summed E-state index contributed by atoms with van der Waals surface area (Å²) in [7, 11) is 6.98. The van der Waals surface area contributed by atoms with Gasteiger partial charge in [0.05, 0.1) is 28.4 Å². The van der Waals surface area contributed by atoms with E-state index in [0.717, 1.165) is 66.8 Å². The molecule has 8 nitrogen and oxygen atoms in total. The molecule has 8 heteroatoms. The molecule has 8 bridgehead atoms. The fourth-order valence-electron chi connectivity index (χ4n) is 8.99. The lowest BCUT2D eigenvalue weighted by molar-refractivity contribution is 0.0747. The van der Waals surface area contributed by atoms with Crippen molar-refractivity contribution in [2.45, 2.75) is 157 Å². The van der Waals surface area contributed by atoms with E-state index in [4.69, 9.17) is 37.9 Å². The van der Waals surface area contributed by atoms with Crippen molar-refractivity contribution in [3.05, 3.63) is 115 Å². The van der Waals surface area contributed by atoms with Gasteiger partial charge >= 0.3 is 0 Å². The lowest BCUT2D eigenvalue weighted by Crippen LogP contribution is -2.23. The molecule has 5 rings (SSSR count). The molecule has 0 aromatic heterocycles. The van der Waals surface area contributed by atoms with Gasteiger partial charge in [-0.25, -0.2) is 0 Å². The summed E-state index contributed by atoms with van der Waals surface area (Å²) in [5.41, 5.74) is 10.4. The molecule has 64 heavy (non-hydrogen) atoms. The van der Waals surface area contributed by atoms with Gasteiger partial charge in [0.25, 0.3) is 0 Å². The van der Waals surface area contributed by atoms with Crippen molar-refractivity contribution >= 4 is 0 Å². The average Bonchev–Trinajstić information content (AvgIpc) is 3.22. The zero-order chi connectivity index (χ0) is 47.7. The molecule has 0 unspecified atom stereocenters. The lowest BCUT2D eigenvalue weighted by atomic mass is 9.77. The average molecular weight is 881 g/mol. The van der Waals surface area contributed by atoms with Crippen LogP contribution in [0.15, 0.2) is 48.5 Å². The molecule has 0 amide bonds. The summed E-state index contributed by atoms with van der Waals surface area (Å²) in [6, 6.07) is 18.0. The zero-order valence-electron chi connectivity index (χ0n) is 43.0. The predicted molar refractivity (Wildman–Crippen MR) is 261 cm³/mol. The van der Waals surface area contributed by atoms with Crippen molar-refractivity contribution in [2.24, 2.45) is 0 Å². The van der Waals surface area contributed by atoms with E-state index in [1.54, 1.807) is 28.4 Å². The van der Waals surface area contributed by atoms with Gasteiger partial charge in [0, 0.05) is 70.9 Å². The molecule has 0 N–H and O–H groups in total. The minimum atomic E-state index is -0.617. The third-order valence-corrected chi connectivity index (χ3v) is 12.5. The van der Waals surface area contributed by atoms with Crippen LogP contribution >= 0.6 is 0 Å². The van der Waals surface area contributed by atoms with Crippen LogP contribution in [0.4, 0.5) is 0 Å². The van der Waals surface area contributed by atoms with Crippen LogP contribution in [0.1, 0.15) is 202 Å². The Morgan fingerprint density at radius 3 is 0.531 bits per heavy atom. The molecule has 4 aromatic carbocycles. The second-order valence-electron chi connectivity index (χ2n) is 21.1. The largest absolute Gasteiger partial charge is 0.496 e. The van der Waals surface area contributed by atoms with Gasteiger partial charge in [-0.05, 0) is 120 Å². The molecule has 4 aromatic rings. The highest BCUT2D eigenvalue weighted by Gasteiger charge is 2.39. The van der Waals surface area contributed by atoms with Crippen LogP contribution in [0, 0.1) is 0 Å². The first-order chi connectivity index (χ1) is 29.9. The van der Waals surface area contributed by atoms with E-state index < -0.39 is 24.4 Å². The lowest BCUT2D eigenvalue weighted by Gasteiger charge is -2.35. The van der Waals surface area contributed by atoms with E-state index in [2.05, 4.69) is 132 Å². The van der Waals surface area contributed by atoms with E-state index in [1.165, 1.54) is 0 Å². The second-order valence-corrected chi connectivity index (χ2v) is 21.1. The number of hydrogen-bond donors (Lipinski definition) is 0. The molecule has 0 heterocycles. The number of rotatable bonds is 12. The highest BCUT2D eigenvalue weighted by molar-refractivity contribution is 5.63. The Labute approximate surface area is 386 Å². The quantitative estimate of drug-likeness (QED) is 0.139. The molecule has 0 fully saturated rings. The van der Waals surface area contributed by atoms with Crippen molar-refractivity contribution in [3.63, 3.8) is 0 Å². The molecule has 0 spiro atoms. The molecule has 0 aliphatic heterocycles. The van der Waals surface area contributed by atoms with E-state index in [1.807, 2.05) is 27.7 Å². The Kier molecular flexibility index (Phi) is 15.7. The van der Waals surface area contributed by atoms with E-state index in [9.17, 15) is 0 Å². The summed E-state index contributed by atoms with van der Waals surface area (Å²) in [5, 5.41) is 0. The summed E-state index contributed by atoms with van der Waals surface area (Å²) < 4.78 is 54.7. The SMILES string of the molecule is CCOC1c2cc(C(C)(C)C)cc(c2OC)C(OCC)c2cc(C(C)(C)C)cc(c2OC)C(OCC)c2cc(C(C)(C)C)cc(c2OC)C(OCC)c2cc(C(C)(C)C)cc1c2OC. The molecule has 0 saturated carbocycles. The third kappa shape index (κ3) is 10.2. The standard InChI is InChI=1S/C56H80O8/c1-21-61-49-37-25-33(53(5,6)7)27-39(45(37)57-17)50(62-22-2)41-29-35(55(11,12)13)31-43(47(41)59-19)52(64-24-4)44-32-36(56(14,15)16)30-42(48(44)60-20)51(63-23-3)40-28-34(54(8,9)10)26-38(49)46(40)58-18/h25-32,49-52H,21-24H2,1-20H3. The van der Waals surface area contributed by atoms with Crippen molar-refractivity contribution in [2.75, 3.05) is 54.9 Å². The summed E-state index contributed by atoms with van der Waals surface area (Å²) in [5.74, 6) is 2.71. The number of methoxy groups -OCH3 is 4. The normalized spacial score (nSPS) is 18.2. The first kappa shape index (κ1) is 50.9. The summed E-state index contributed by atoms with van der Waals surface area (Å²) in [6.45, 7) is 36.8. The number of ether oxygens (including phenoxy) is 8. The molecule has 0 radical (unpaired) electrons. The van der Waals surface area contributed by atoms with Gasteiger partial charge in [-0.1, -0.05) is 83.1 Å². The van der Waals surface area contributed by atoms with Gasteiger partial charge < -0.3 is 37.9 Å². The van der Waals surface area contributed by atoms with E-state index in [-0.39, 0.29) is 21.7 Å². The highest BCUT2D eigenvalue weighted by atomic mass is 16.5. The number of fused-ring (bicyclic) bond motifs is 8. The number of hydrogen-bond acceptors (Lipinski definition) is 8. The Bertz CT molecular complexity index is 1820. The molecule has 1 aliphatic carbocycles. The Morgan fingerprint density at radius 2 is 0.438 bits per heavy atom. The first-order valence-electron chi connectivity index (χ1n) is 23.3. The maximum atomic E-state index is 7.01. The van der Waals surface area contributed by atoms with E-state index >= 15 is 0 Å². The van der Waals surface area contributed by atoms with Gasteiger partial charge in [-0.2, -0.15) is 0 Å². The van der Waals surface area contributed by atoms with Gasteiger partial charge in [0.15, 0.2) is 0 Å². The smallest absolute Gasteiger partial charge is 0.131 e. The van der Waals surface area contributed by atoms with E-state index in [0.29, 0.717) is 49.4 Å². The van der Waals surface area contributed by atoms with Gasteiger partial charge in [0.2, 0.25) is 0 Å². The van der Waals surface area contributed by atoms with Crippen LogP contribution in [0.3, 0.4) is 0 Å². The van der Waals surface area contributed by atoms with Gasteiger partial charge in [-0.15, -0.1) is 0 Å². The fraction of sp³-hybridized carbons (Fsp3) is 0.571. The predicted octanol–water partition coefficient (Wildman–Crippen LogP) is 13.7. The third-order valence-electron chi connectivity index (χ3n) is 12.5. The molecule has 352 valence electrons. The van der Waals surface area contributed by atoms with Crippen LogP contribution in [-0.4, -0.2) is 54.9 Å². The topological polar surface area (TPSA) is 73.8 Å². The van der Waals surface area contributed by atoms with Crippen LogP contribution in [-0.2, 0) is 40.6 Å². The minimum Gasteiger partial charge on any atom is -0.496 e. The molecule has 0 saturated heterocycles. The first-order valence-corrected chi connectivity index (χ1v) is 23.3. The van der Waals surface area contributed by atoms with Crippen LogP contribution in [0.5, 0.6) is 23.0 Å². The Balaban J connectivity index is 2.24. The van der Waals surface area contributed by atoms with Crippen LogP contribution < -0.4 is 18.9 Å². The van der Waals surface area contributed by atoms with Gasteiger partial charge in [-0.3, -0.25) is 0 Å². The fourth-order valence-corrected chi connectivity index (χ4v) is 8.99. The maximum absolute atomic E-state index is 7.01. The monoisotopic (exact) mass is 881 g/mol. The highest BCUT2D eigenvalue weighted by Crippen LogP contribution is 2.53. The zero-order valence-corrected chi connectivity index (χ0v) is 43.0. The van der Waals surface area contributed by atoms with Crippen molar-refractivity contribution in [1.82, 2.24) is 0 Å². The molecular formula is C56H80O8.